The molecule has 1 aliphatic carbocycles. The maximum Gasteiger partial charge on any atom is 0.339 e. The molecule has 1 unspecified atom stereocenters. The van der Waals surface area contributed by atoms with E-state index in [-0.39, 0.29) is 17.0 Å². The Hall–Kier alpha value is -3.22. The fourth-order valence-corrected chi connectivity index (χ4v) is 4.13. The van der Waals surface area contributed by atoms with Crippen molar-refractivity contribution in [3.63, 3.8) is 0 Å². The van der Waals surface area contributed by atoms with Gasteiger partial charge in [-0.1, -0.05) is 18.2 Å². The summed E-state index contributed by atoms with van der Waals surface area (Å²) in [4.78, 5) is 24.2. The zero-order chi connectivity index (χ0) is 20.4. The number of aromatic nitrogens is 1. The Morgan fingerprint density at radius 1 is 1.24 bits per heavy atom. The molecule has 2 aliphatic rings. The molecule has 1 saturated carbocycles. The average Bonchev–Trinajstić information content (AvgIpc) is 3.36. The van der Waals surface area contributed by atoms with E-state index in [2.05, 4.69) is 34.0 Å². The average molecular weight is 394 g/mol. The number of hydrogen-bond acceptors (Lipinski definition) is 4. The molecule has 2 heterocycles. The monoisotopic (exact) mass is 394 g/mol. The first-order valence-corrected chi connectivity index (χ1v) is 10.1. The number of nitrogens with one attached hydrogen (secondary N) is 2. The first kappa shape index (κ1) is 19.1. The van der Waals surface area contributed by atoms with Gasteiger partial charge in [0.15, 0.2) is 0 Å². The van der Waals surface area contributed by atoms with Crippen LogP contribution < -0.4 is 15.8 Å². The van der Waals surface area contributed by atoms with Crippen LogP contribution in [-0.2, 0) is 11.3 Å². The third kappa shape index (κ3) is 3.72. The zero-order valence-electron chi connectivity index (χ0n) is 16.5. The highest BCUT2D eigenvalue weighted by atomic mass is 16.4. The van der Waals surface area contributed by atoms with Gasteiger partial charge >= 0.3 is 5.97 Å². The van der Waals surface area contributed by atoms with Crippen molar-refractivity contribution in [2.45, 2.75) is 44.7 Å². The summed E-state index contributed by atoms with van der Waals surface area (Å²) < 4.78 is 1.76. The van der Waals surface area contributed by atoms with Crippen molar-refractivity contribution in [2.75, 3.05) is 10.3 Å². The summed E-state index contributed by atoms with van der Waals surface area (Å²) >= 11 is 0. The molecule has 4 rings (SSSR count). The normalized spacial score (nSPS) is 20.5. The number of nitrogens with zero attached hydrogens (tertiary/aromatic N) is 2. The van der Waals surface area contributed by atoms with Gasteiger partial charge in [0.2, 0.25) is 5.91 Å². The quantitative estimate of drug-likeness (QED) is 0.637. The number of aryl methyl sites for hydroxylation is 1. The predicted octanol–water partition coefficient (Wildman–Crippen LogP) is 3.61. The van der Waals surface area contributed by atoms with Crippen LogP contribution in [0.25, 0.3) is 0 Å². The Kier molecular flexibility index (Phi) is 5.05. The lowest BCUT2D eigenvalue weighted by Crippen LogP contribution is -2.51. The number of anilines is 2. The zero-order valence-corrected chi connectivity index (χ0v) is 16.5. The van der Waals surface area contributed by atoms with Crippen LogP contribution in [0.3, 0.4) is 0 Å². The van der Waals surface area contributed by atoms with Gasteiger partial charge in [-0.3, -0.25) is 9.80 Å². The largest absolute Gasteiger partial charge is 0.478 e. The summed E-state index contributed by atoms with van der Waals surface area (Å²) in [5.41, 5.74) is 4.62. The summed E-state index contributed by atoms with van der Waals surface area (Å²) in [6.07, 6.45) is 10.6. The summed E-state index contributed by atoms with van der Waals surface area (Å²) in [7, 11) is 0. The second-order valence-electron chi connectivity index (χ2n) is 7.67. The number of rotatable bonds is 8. The number of benzene rings is 1. The first-order valence-electron chi connectivity index (χ1n) is 10.1. The third-order valence-corrected chi connectivity index (χ3v) is 5.79. The molecular weight excluding hydrogens is 368 g/mol. The molecule has 1 aromatic carbocycles. The standard InChI is InChI=1S/C22H26N4O3/c1-2-25-14-18(21(28)29)19(15-25)24-20(27)10-11-22(16-8-9-16)12-13-23-26(22)17-6-4-3-5-7-17/h3-7,12-16,23H,2,8-11H2,1H3,(H,24,27)(H,28,29). The maximum absolute atomic E-state index is 12.7. The summed E-state index contributed by atoms with van der Waals surface area (Å²) in [5.74, 6) is -0.715. The molecule has 3 N–H and O–H groups in total. The SMILES string of the molecule is CCn1cc(NC(=O)CCC2(C3CC3)C=CNN2c2ccccc2)c(C(=O)O)c1. The highest BCUT2D eigenvalue weighted by Crippen LogP contribution is 2.49. The molecule has 152 valence electrons. The van der Waals surface area contributed by atoms with Crippen LogP contribution in [0.1, 0.15) is 43.0 Å². The van der Waals surface area contributed by atoms with E-state index < -0.39 is 5.97 Å². The molecule has 1 aromatic heterocycles. The van der Waals surface area contributed by atoms with E-state index in [0.717, 1.165) is 18.5 Å². The van der Waals surface area contributed by atoms with Crippen LogP contribution in [0.4, 0.5) is 11.4 Å². The minimum atomic E-state index is -1.04. The molecule has 0 radical (unpaired) electrons. The van der Waals surface area contributed by atoms with Gasteiger partial charge in [-0.15, -0.1) is 0 Å². The second-order valence-corrected chi connectivity index (χ2v) is 7.67. The van der Waals surface area contributed by atoms with E-state index in [1.807, 2.05) is 31.3 Å². The topological polar surface area (TPSA) is 86.6 Å². The number of hydrazine groups is 1. The van der Waals surface area contributed by atoms with Crippen LogP contribution in [0.5, 0.6) is 0 Å². The van der Waals surface area contributed by atoms with Gasteiger partial charge < -0.3 is 20.4 Å². The van der Waals surface area contributed by atoms with Crippen molar-refractivity contribution in [2.24, 2.45) is 5.92 Å². The van der Waals surface area contributed by atoms with Crippen molar-refractivity contribution in [1.82, 2.24) is 9.99 Å². The van der Waals surface area contributed by atoms with Crippen molar-refractivity contribution in [1.29, 1.82) is 0 Å². The molecule has 1 amide bonds. The minimum absolute atomic E-state index is 0.116. The summed E-state index contributed by atoms with van der Waals surface area (Å²) in [6, 6.07) is 10.1. The number of carboxylic acid groups (broad SMARTS) is 1. The Morgan fingerprint density at radius 2 is 2.00 bits per heavy atom. The number of hydrogen-bond donors (Lipinski definition) is 3. The Labute approximate surface area is 170 Å². The molecule has 7 heteroatoms. The second kappa shape index (κ2) is 7.66. The lowest BCUT2D eigenvalue weighted by Gasteiger charge is -2.39. The maximum atomic E-state index is 12.7. The fraction of sp³-hybridized carbons (Fsp3) is 0.364. The highest BCUT2D eigenvalue weighted by molar-refractivity contribution is 6.00. The van der Waals surface area contributed by atoms with Gasteiger partial charge in [0.1, 0.15) is 5.56 Å². The van der Waals surface area contributed by atoms with Gasteiger partial charge in [-0.25, -0.2) is 4.79 Å². The molecule has 1 fully saturated rings. The van der Waals surface area contributed by atoms with Crippen LogP contribution in [0, 0.1) is 5.92 Å². The number of aromatic carboxylic acids is 1. The molecular formula is C22H26N4O3. The van der Waals surface area contributed by atoms with E-state index in [0.29, 0.717) is 31.0 Å². The molecule has 0 bridgehead atoms. The van der Waals surface area contributed by atoms with Gasteiger partial charge in [-0.2, -0.15) is 0 Å². The van der Waals surface area contributed by atoms with Crippen LogP contribution in [0.15, 0.2) is 55.0 Å². The molecule has 2 aromatic rings. The van der Waals surface area contributed by atoms with Crippen molar-refractivity contribution >= 4 is 23.3 Å². The highest BCUT2D eigenvalue weighted by Gasteiger charge is 2.50. The number of amides is 1. The lowest BCUT2D eigenvalue weighted by atomic mass is 9.87. The Balaban J connectivity index is 1.48. The van der Waals surface area contributed by atoms with E-state index in [1.165, 1.54) is 0 Å². The van der Waals surface area contributed by atoms with Crippen LogP contribution in [0.2, 0.25) is 0 Å². The molecule has 1 atom stereocenters. The fourth-order valence-electron chi connectivity index (χ4n) is 4.13. The van der Waals surface area contributed by atoms with Crippen molar-refractivity contribution in [3.8, 4) is 0 Å². The number of carbonyl (C=O) groups is 2. The van der Waals surface area contributed by atoms with Crippen LogP contribution >= 0.6 is 0 Å². The van der Waals surface area contributed by atoms with Gasteiger partial charge in [-0.05, 0) is 50.3 Å². The van der Waals surface area contributed by atoms with Gasteiger partial charge in [0.05, 0.1) is 16.9 Å². The smallest absolute Gasteiger partial charge is 0.339 e. The van der Waals surface area contributed by atoms with Gasteiger partial charge in [0.25, 0.3) is 0 Å². The molecule has 1 aliphatic heterocycles. The predicted molar refractivity (Wildman–Crippen MR) is 112 cm³/mol. The molecule has 7 nitrogen and oxygen atoms in total. The molecule has 0 saturated heterocycles. The molecule has 0 spiro atoms. The van der Waals surface area contributed by atoms with E-state index in [4.69, 9.17) is 0 Å². The van der Waals surface area contributed by atoms with E-state index in [9.17, 15) is 14.7 Å². The lowest BCUT2D eigenvalue weighted by molar-refractivity contribution is -0.116. The number of carbonyl (C=O) groups excluding carboxylic acids is 1. The van der Waals surface area contributed by atoms with Crippen LogP contribution in [-0.4, -0.2) is 27.1 Å². The Morgan fingerprint density at radius 3 is 2.66 bits per heavy atom. The van der Waals surface area contributed by atoms with Crippen molar-refractivity contribution < 1.29 is 14.7 Å². The van der Waals surface area contributed by atoms with E-state index >= 15 is 0 Å². The first-order chi connectivity index (χ1) is 14.0. The minimum Gasteiger partial charge on any atom is -0.478 e. The summed E-state index contributed by atoms with van der Waals surface area (Å²) in [5, 5.41) is 14.3. The van der Waals surface area contributed by atoms with Gasteiger partial charge in [0, 0.05) is 31.6 Å². The molecule has 29 heavy (non-hydrogen) atoms. The number of carboxylic acids is 1. The van der Waals surface area contributed by atoms with E-state index in [1.54, 1.807) is 17.0 Å². The van der Waals surface area contributed by atoms with Crippen molar-refractivity contribution in [3.05, 3.63) is 60.6 Å². The Bertz CT molecular complexity index is 933. The third-order valence-electron chi connectivity index (χ3n) is 5.79. The number of para-hydroxylation sites is 1. The summed E-state index contributed by atoms with van der Waals surface area (Å²) in [6.45, 7) is 2.57.